The van der Waals surface area contributed by atoms with Crippen molar-refractivity contribution in [1.29, 1.82) is 0 Å². The molecular formula is C21H28F3N3O3S2. The molecule has 0 saturated carbocycles. The van der Waals surface area contributed by atoms with Gasteiger partial charge in [0, 0.05) is 19.1 Å². The van der Waals surface area contributed by atoms with Gasteiger partial charge in [-0.15, -0.1) is 0 Å². The number of hydrogen-bond donors (Lipinski definition) is 0. The minimum Gasteiger partial charge on any atom is -0.338 e. The zero-order valence-corrected chi connectivity index (χ0v) is 20.0. The van der Waals surface area contributed by atoms with Gasteiger partial charge in [-0.2, -0.15) is 13.2 Å². The number of carbonyl (C=O) groups is 1. The zero-order chi connectivity index (χ0) is 23.7. The van der Waals surface area contributed by atoms with Crippen LogP contribution in [0.4, 0.5) is 13.2 Å². The molecule has 1 atom stereocenters. The van der Waals surface area contributed by atoms with Gasteiger partial charge in [-0.1, -0.05) is 32.5 Å². The summed E-state index contributed by atoms with van der Waals surface area (Å²) in [7, 11) is -3.13. The number of nitrogens with zero attached hydrogens (tertiary/aromatic N) is 3. The average molecular weight is 492 g/mol. The molecular weight excluding hydrogens is 463 g/mol. The van der Waals surface area contributed by atoms with Crippen molar-refractivity contribution >= 4 is 38.5 Å². The lowest BCUT2D eigenvalue weighted by Gasteiger charge is -2.30. The van der Waals surface area contributed by atoms with Crippen LogP contribution in [0.15, 0.2) is 23.4 Å². The molecule has 178 valence electrons. The molecule has 1 saturated heterocycles. The Morgan fingerprint density at radius 2 is 2.06 bits per heavy atom. The van der Waals surface area contributed by atoms with E-state index in [0.717, 1.165) is 12.1 Å². The zero-order valence-electron chi connectivity index (χ0n) is 18.4. The van der Waals surface area contributed by atoms with E-state index in [4.69, 9.17) is 0 Å². The van der Waals surface area contributed by atoms with Crippen LogP contribution in [0.3, 0.4) is 0 Å². The normalized spacial score (nSPS) is 18.5. The van der Waals surface area contributed by atoms with Crippen molar-refractivity contribution < 1.29 is 26.4 Å². The molecule has 0 aliphatic carbocycles. The van der Waals surface area contributed by atoms with Crippen molar-refractivity contribution in [2.45, 2.75) is 57.5 Å². The molecule has 1 aromatic heterocycles. The van der Waals surface area contributed by atoms with Crippen molar-refractivity contribution in [3.8, 4) is 0 Å². The topological polar surface area (TPSA) is 72.3 Å². The molecule has 2 aromatic rings. The second kappa shape index (κ2) is 9.62. The van der Waals surface area contributed by atoms with Crippen LogP contribution in [0, 0.1) is 5.92 Å². The predicted molar refractivity (Wildman–Crippen MR) is 119 cm³/mol. The lowest BCUT2D eigenvalue weighted by molar-refractivity contribution is -0.137. The summed E-state index contributed by atoms with van der Waals surface area (Å²) in [5.74, 6) is 0.0998. The van der Waals surface area contributed by atoms with Crippen LogP contribution >= 0.6 is 11.8 Å². The van der Waals surface area contributed by atoms with E-state index >= 15 is 0 Å². The number of fused-ring (bicyclic) bond motifs is 1. The Hall–Kier alpha value is -1.75. The third-order valence-corrected chi connectivity index (χ3v) is 8.06. The number of alkyl halides is 3. The molecule has 1 aliphatic heterocycles. The highest BCUT2D eigenvalue weighted by molar-refractivity contribution is 7.99. The number of benzene rings is 1. The molecule has 32 heavy (non-hydrogen) atoms. The first-order valence-electron chi connectivity index (χ1n) is 10.6. The summed E-state index contributed by atoms with van der Waals surface area (Å²) in [5.41, 5.74) is 0.0975. The van der Waals surface area contributed by atoms with E-state index in [0.29, 0.717) is 42.1 Å². The fourth-order valence-electron chi connectivity index (χ4n) is 3.91. The molecule has 6 nitrogen and oxygen atoms in total. The van der Waals surface area contributed by atoms with Crippen molar-refractivity contribution in [2.75, 3.05) is 23.8 Å². The van der Waals surface area contributed by atoms with Crippen LogP contribution in [0.25, 0.3) is 11.0 Å². The molecule has 3 rings (SSSR count). The number of thioether (sulfide) groups is 1. The Kier molecular flexibility index (Phi) is 7.48. The van der Waals surface area contributed by atoms with E-state index in [1.807, 2.05) is 20.8 Å². The van der Waals surface area contributed by atoms with E-state index in [9.17, 15) is 26.4 Å². The van der Waals surface area contributed by atoms with E-state index in [1.165, 1.54) is 17.8 Å². The lowest BCUT2D eigenvalue weighted by atomic mass is 10.1. The monoisotopic (exact) mass is 491 g/mol. The van der Waals surface area contributed by atoms with Gasteiger partial charge in [0.2, 0.25) is 5.91 Å². The largest absolute Gasteiger partial charge is 0.416 e. The smallest absolute Gasteiger partial charge is 0.338 e. The Balaban J connectivity index is 1.83. The number of amides is 1. The summed E-state index contributed by atoms with van der Waals surface area (Å²) in [6, 6.07) is 3.12. The number of aromatic nitrogens is 2. The highest BCUT2D eigenvalue weighted by Crippen LogP contribution is 2.33. The third kappa shape index (κ3) is 5.78. The molecule has 0 radical (unpaired) electrons. The van der Waals surface area contributed by atoms with Gasteiger partial charge in [0.25, 0.3) is 0 Å². The molecule has 1 aliphatic rings. The molecule has 0 bridgehead atoms. The van der Waals surface area contributed by atoms with Crippen LogP contribution in [-0.4, -0.2) is 58.6 Å². The van der Waals surface area contributed by atoms with Crippen molar-refractivity contribution in [3.05, 3.63) is 23.8 Å². The highest BCUT2D eigenvalue weighted by atomic mass is 32.2. The maximum atomic E-state index is 13.2. The Morgan fingerprint density at radius 1 is 1.34 bits per heavy atom. The van der Waals surface area contributed by atoms with Gasteiger partial charge < -0.3 is 9.47 Å². The third-order valence-electron chi connectivity index (χ3n) is 5.34. The van der Waals surface area contributed by atoms with E-state index in [-0.39, 0.29) is 35.1 Å². The minimum absolute atomic E-state index is 0.0231. The Morgan fingerprint density at radius 3 is 2.62 bits per heavy atom. The number of rotatable bonds is 8. The number of halogens is 3. The fourth-order valence-corrected chi connectivity index (χ4v) is 6.56. The number of sulfone groups is 1. The standard InChI is InChI=1S/C21H28F3N3O3S2/c1-4-8-26-18-10-15(21(22,23)24)5-6-17(18)25-20(26)31-12-19(28)27(11-14(2)3)16-7-9-32(29,30)13-16/h5-6,10,14,16H,4,7-9,11-13H2,1-3H3/t16-/m0/s1. The number of carbonyl (C=O) groups excluding carboxylic acids is 1. The molecule has 1 fully saturated rings. The van der Waals surface area contributed by atoms with Crippen LogP contribution < -0.4 is 0 Å². The van der Waals surface area contributed by atoms with Crippen LogP contribution in [0.1, 0.15) is 39.2 Å². The average Bonchev–Trinajstić information content (AvgIpc) is 3.23. The number of aryl methyl sites for hydroxylation is 1. The fraction of sp³-hybridized carbons (Fsp3) is 0.619. The first kappa shape index (κ1) is 24.9. The lowest BCUT2D eigenvalue weighted by Crippen LogP contribution is -2.44. The first-order valence-corrected chi connectivity index (χ1v) is 13.4. The summed E-state index contributed by atoms with van der Waals surface area (Å²) in [4.78, 5) is 19.2. The highest BCUT2D eigenvalue weighted by Gasteiger charge is 2.35. The second-order valence-electron chi connectivity index (χ2n) is 8.53. The van der Waals surface area contributed by atoms with E-state index in [1.54, 1.807) is 9.47 Å². The van der Waals surface area contributed by atoms with Gasteiger partial charge in [-0.25, -0.2) is 13.4 Å². The van der Waals surface area contributed by atoms with Gasteiger partial charge in [0.1, 0.15) is 0 Å². The first-order chi connectivity index (χ1) is 14.9. The number of hydrogen-bond acceptors (Lipinski definition) is 5. The molecule has 1 aromatic carbocycles. The van der Waals surface area contributed by atoms with Crippen LogP contribution in [0.5, 0.6) is 0 Å². The SMILES string of the molecule is CCCn1c(SCC(=O)N(CC(C)C)[C@H]2CCS(=O)(=O)C2)nc2ccc(C(F)(F)F)cc21. The Bertz CT molecular complexity index is 1080. The summed E-state index contributed by atoms with van der Waals surface area (Å²) in [5, 5.41) is 0.484. The summed E-state index contributed by atoms with van der Waals surface area (Å²) >= 11 is 1.18. The number of imidazole rings is 1. The minimum atomic E-state index is -4.45. The van der Waals surface area contributed by atoms with Crippen molar-refractivity contribution in [3.63, 3.8) is 0 Å². The van der Waals surface area contributed by atoms with Crippen LogP contribution in [0.2, 0.25) is 0 Å². The van der Waals surface area contributed by atoms with Gasteiger partial charge in [-0.3, -0.25) is 4.79 Å². The van der Waals surface area contributed by atoms with Gasteiger partial charge in [-0.05, 0) is 37.0 Å². The van der Waals surface area contributed by atoms with E-state index < -0.39 is 21.6 Å². The summed E-state index contributed by atoms with van der Waals surface area (Å²) in [6.07, 6.45) is -3.32. The van der Waals surface area contributed by atoms with Crippen molar-refractivity contribution in [1.82, 2.24) is 14.5 Å². The maximum absolute atomic E-state index is 13.2. The quantitative estimate of drug-likeness (QED) is 0.517. The summed E-state index contributed by atoms with van der Waals surface area (Å²) in [6.45, 7) is 6.79. The maximum Gasteiger partial charge on any atom is 0.416 e. The molecule has 0 unspecified atom stereocenters. The summed E-state index contributed by atoms with van der Waals surface area (Å²) < 4.78 is 65.0. The predicted octanol–water partition coefficient (Wildman–Crippen LogP) is 4.23. The van der Waals surface area contributed by atoms with Crippen LogP contribution in [-0.2, 0) is 27.4 Å². The van der Waals surface area contributed by atoms with Gasteiger partial charge >= 0.3 is 6.18 Å². The Labute approximate surface area is 190 Å². The molecule has 0 spiro atoms. The van der Waals surface area contributed by atoms with Gasteiger partial charge in [0.05, 0.1) is 33.9 Å². The van der Waals surface area contributed by atoms with E-state index in [2.05, 4.69) is 4.98 Å². The second-order valence-corrected chi connectivity index (χ2v) is 11.7. The molecule has 2 heterocycles. The van der Waals surface area contributed by atoms with Crippen molar-refractivity contribution in [2.24, 2.45) is 5.92 Å². The molecule has 11 heteroatoms. The molecule has 1 amide bonds. The van der Waals surface area contributed by atoms with Gasteiger partial charge in [0.15, 0.2) is 15.0 Å². The molecule has 0 N–H and O–H groups in total.